The number of nitrogens with two attached hydrogens (primary N) is 1. The normalized spacial score (nSPS) is 30.0. The Morgan fingerprint density at radius 3 is 2.65 bits per heavy atom. The third kappa shape index (κ3) is 2.75. The molecule has 2 heterocycles. The number of amides is 2. The number of carboxylic acids is 1. The molecule has 0 bridgehead atoms. The molecule has 2 rings (SSSR count). The third-order valence-corrected chi connectivity index (χ3v) is 4.70. The van der Waals surface area contributed by atoms with Crippen LogP contribution in [0.15, 0.2) is 0 Å². The lowest BCUT2D eigenvalue weighted by molar-refractivity contribution is -0.148. The van der Waals surface area contributed by atoms with Gasteiger partial charge < -0.3 is 20.6 Å². The number of carbonyl (C=O) groups excluding carboxylic acids is 1. The van der Waals surface area contributed by atoms with Crippen LogP contribution in [0.2, 0.25) is 0 Å². The number of carbonyl (C=O) groups is 2. The summed E-state index contributed by atoms with van der Waals surface area (Å²) in [5.74, 6) is -0.377. The maximum absolute atomic E-state index is 12.4. The van der Waals surface area contributed by atoms with Crippen LogP contribution >= 0.6 is 0 Å². The van der Waals surface area contributed by atoms with E-state index in [-0.39, 0.29) is 6.03 Å². The number of likely N-dealkylation sites (tertiary alicyclic amines) is 2. The van der Waals surface area contributed by atoms with E-state index in [1.165, 1.54) is 0 Å². The summed E-state index contributed by atoms with van der Waals surface area (Å²) in [4.78, 5) is 27.5. The van der Waals surface area contributed by atoms with Gasteiger partial charge in [-0.05, 0) is 31.7 Å². The van der Waals surface area contributed by atoms with Crippen LogP contribution in [0.25, 0.3) is 0 Å². The first-order valence-corrected chi connectivity index (χ1v) is 7.49. The molecule has 6 heteroatoms. The summed E-state index contributed by atoms with van der Waals surface area (Å²) >= 11 is 0. The molecule has 0 aromatic heterocycles. The lowest BCUT2D eigenvalue weighted by Crippen LogP contribution is -2.43. The molecular weight excluding hydrogens is 258 g/mol. The second kappa shape index (κ2) is 5.99. The van der Waals surface area contributed by atoms with Gasteiger partial charge in [-0.25, -0.2) is 4.79 Å². The summed E-state index contributed by atoms with van der Waals surface area (Å²) in [7, 11) is 0. The number of hydrogen-bond donors (Lipinski definition) is 2. The van der Waals surface area contributed by atoms with Crippen LogP contribution in [0.4, 0.5) is 4.79 Å². The number of aliphatic carboxylic acids is 1. The Labute approximate surface area is 119 Å². The van der Waals surface area contributed by atoms with Gasteiger partial charge in [-0.2, -0.15) is 0 Å². The molecule has 0 radical (unpaired) electrons. The number of nitrogens with zero attached hydrogens (tertiary/aromatic N) is 2. The molecule has 2 fully saturated rings. The minimum Gasteiger partial charge on any atom is -0.481 e. The highest BCUT2D eigenvalue weighted by Gasteiger charge is 2.46. The standard InChI is InChI=1S/C14H25N3O3/c1-2-4-14(12(18)19)5-7-17(10-14)13(20)16-6-3-11(8-15)9-16/h11H,2-10,15H2,1H3,(H,18,19). The Morgan fingerprint density at radius 1 is 1.35 bits per heavy atom. The van der Waals surface area contributed by atoms with E-state index < -0.39 is 11.4 Å². The van der Waals surface area contributed by atoms with Gasteiger partial charge in [0.15, 0.2) is 0 Å². The molecule has 0 spiro atoms. The van der Waals surface area contributed by atoms with Gasteiger partial charge >= 0.3 is 12.0 Å². The predicted octanol–water partition coefficient (Wildman–Crippen LogP) is 0.964. The van der Waals surface area contributed by atoms with E-state index in [2.05, 4.69) is 0 Å². The minimum absolute atomic E-state index is 0.0137. The highest BCUT2D eigenvalue weighted by atomic mass is 16.4. The van der Waals surface area contributed by atoms with Crippen molar-refractivity contribution in [3.63, 3.8) is 0 Å². The Bertz CT molecular complexity index is 388. The minimum atomic E-state index is -0.768. The third-order valence-electron chi connectivity index (χ3n) is 4.70. The first-order chi connectivity index (χ1) is 9.52. The molecular formula is C14H25N3O3. The molecule has 6 nitrogen and oxygen atoms in total. The molecule has 114 valence electrons. The Balaban J connectivity index is 1.98. The van der Waals surface area contributed by atoms with Crippen LogP contribution in [0, 0.1) is 11.3 Å². The van der Waals surface area contributed by atoms with E-state index in [0.29, 0.717) is 44.9 Å². The van der Waals surface area contributed by atoms with Gasteiger partial charge in [0.25, 0.3) is 0 Å². The van der Waals surface area contributed by atoms with Gasteiger partial charge in [0.1, 0.15) is 0 Å². The molecule has 0 aromatic carbocycles. The van der Waals surface area contributed by atoms with Crippen LogP contribution in [-0.4, -0.2) is 59.6 Å². The summed E-state index contributed by atoms with van der Waals surface area (Å²) in [6, 6.07) is -0.0137. The smallest absolute Gasteiger partial charge is 0.320 e. The monoisotopic (exact) mass is 283 g/mol. The van der Waals surface area contributed by atoms with Crippen molar-refractivity contribution in [2.75, 3.05) is 32.7 Å². The maximum Gasteiger partial charge on any atom is 0.320 e. The first-order valence-electron chi connectivity index (χ1n) is 7.49. The fraction of sp³-hybridized carbons (Fsp3) is 0.857. The van der Waals surface area contributed by atoms with Crippen molar-refractivity contribution in [2.45, 2.75) is 32.6 Å². The lowest BCUT2D eigenvalue weighted by atomic mass is 9.83. The van der Waals surface area contributed by atoms with Crippen molar-refractivity contribution in [3.05, 3.63) is 0 Å². The quantitative estimate of drug-likeness (QED) is 0.804. The van der Waals surface area contributed by atoms with Gasteiger partial charge in [-0.3, -0.25) is 4.79 Å². The largest absolute Gasteiger partial charge is 0.481 e. The molecule has 3 N–H and O–H groups in total. The number of hydrogen-bond acceptors (Lipinski definition) is 3. The van der Waals surface area contributed by atoms with Crippen molar-refractivity contribution in [3.8, 4) is 0 Å². The molecule has 0 aliphatic carbocycles. The fourth-order valence-electron chi connectivity index (χ4n) is 3.40. The SMILES string of the molecule is CCCC1(C(=O)O)CCN(C(=O)N2CCC(CN)C2)C1. The van der Waals surface area contributed by atoms with E-state index >= 15 is 0 Å². The molecule has 2 amide bonds. The van der Waals surface area contributed by atoms with Crippen LogP contribution < -0.4 is 5.73 Å². The number of urea groups is 1. The zero-order valence-electron chi connectivity index (χ0n) is 12.2. The molecule has 2 atom stereocenters. The molecule has 2 unspecified atom stereocenters. The topological polar surface area (TPSA) is 86.9 Å². The van der Waals surface area contributed by atoms with E-state index in [0.717, 1.165) is 19.4 Å². The predicted molar refractivity (Wildman–Crippen MR) is 75.3 cm³/mol. The molecule has 0 aromatic rings. The van der Waals surface area contributed by atoms with Gasteiger partial charge in [0.2, 0.25) is 0 Å². The molecule has 20 heavy (non-hydrogen) atoms. The van der Waals surface area contributed by atoms with E-state index in [1.807, 2.05) is 11.8 Å². The van der Waals surface area contributed by atoms with Gasteiger partial charge in [-0.15, -0.1) is 0 Å². The second-order valence-corrected chi connectivity index (χ2v) is 6.13. The summed E-state index contributed by atoms with van der Waals surface area (Å²) in [5.41, 5.74) is 4.90. The van der Waals surface area contributed by atoms with Gasteiger partial charge in [0.05, 0.1) is 5.41 Å². The fourth-order valence-corrected chi connectivity index (χ4v) is 3.40. The van der Waals surface area contributed by atoms with E-state index in [9.17, 15) is 14.7 Å². The molecule has 2 aliphatic rings. The van der Waals surface area contributed by atoms with E-state index in [4.69, 9.17) is 5.73 Å². The van der Waals surface area contributed by atoms with Gasteiger partial charge in [-0.1, -0.05) is 13.3 Å². The number of rotatable bonds is 4. The number of carboxylic acid groups (broad SMARTS) is 1. The Morgan fingerprint density at radius 2 is 2.10 bits per heavy atom. The lowest BCUT2D eigenvalue weighted by Gasteiger charge is -2.27. The Kier molecular flexibility index (Phi) is 4.52. The zero-order valence-corrected chi connectivity index (χ0v) is 12.2. The van der Waals surface area contributed by atoms with E-state index in [1.54, 1.807) is 4.90 Å². The van der Waals surface area contributed by atoms with Crippen LogP contribution in [-0.2, 0) is 4.79 Å². The highest BCUT2D eigenvalue weighted by molar-refractivity contribution is 5.80. The maximum atomic E-state index is 12.4. The van der Waals surface area contributed by atoms with Crippen LogP contribution in [0.5, 0.6) is 0 Å². The first kappa shape index (κ1) is 15.1. The second-order valence-electron chi connectivity index (χ2n) is 6.13. The summed E-state index contributed by atoms with van der Waals surface area (Å²) in [6.07, 6.45) is 2.98. The summed E-state index contributed by atoms with van der Waals surface area (Å²) < 4.78 is 0. The average molecular weight is 283 g/mol. The van der Waals surface area contributed by atoms with Crippen molar-refractivity contribution < 1.29 is 14.7 Å². The van der Waals surface area contributed by atoms with Crippen molar-refractivity contribution in [1.29, 1.82) is 0 Å². The zero-order chi connectivity index (χ0) is 14.8. The van der Waals surface area contributed by atoms with Crippen LogP contribution in [0.1, 0.15) is 32.6 Å². The Hall–Kier alpha value is -1.30. The summed E-state index contributed by atoms with van der Waals surface area (Å²) in [5, 5.41) is 9.47. The van der Waals surface area contributed by atoms with Crippen LogP contribution in [0.3, 0.4) is 0 Å². The summed E-state index contributed by atoms with van der Waals surface area (Å²) in [6.45, 7) is 4.94. The van der Waals surface area contributed by atoms with Crippen molar-refractivity contribution in [2.24, 2.45) is 17.1 Å². The van der Waals surface area contributed by atoms with Crippen molar-refractivity contribution in [1.82, 2.24) is 9.80 Å². The molecule has 2 saturated heterocycles. The highest BCUT2D eigenvalue weighted by Crippen LogP contribution is 2.36. The molecule has 0 saturated carbocycles. The van der Waals surface area contributed by atoms with Crippen molar-refractivity contribution >= 4 is 12.0 Å². The molecule has 2 aliphatic heterocycles. The average Bonchev–Trinajstić information content (AvgIpc) is 3.05. The van der Waals surface area contributed by atoms with Gasteiger partial charge in [0, 0.05) is 26.2 Å².